The van der Waals surface area contributed by atoms with E-state index in [1.807, 2.05) is 80.3 Å². The molecule has 4 aromatic carbocycles. The van der Waals surface area contributed by atoms with Crippen molar-refractivity contribution in [1.82, 2.24) is 4.90 Å². The highest BCUT2D eigenvalue weighted by Crippen LogP contribution is 2.62. The second kappa shape index (κ2) is 21.8. The highest BCUT2D eigenvalue weighted by atomic mass is 16.7. The highest BCUT2D eigenvalue weighted by Gasteiger charge is 2.65. The van der Waals surface area contributed by atoms with Gasteiger partial charge in [0.05, 0.1) is 38.1 Å². The van der Waals surface area contributed by atoms with E-state index in [-0.39, 0.29) is 49.9 Å². The number of fused-ring (bicyclic) bond motifs is 3. The van der Waals surface area contributed by atoms with Crippen LogP contribution in [-0.2, 0) is 9.57 Å². The number of carbonyl (C=O) groups excluding carboxylic acids is 2. The summed E-state index contributed by atoms with van der Waals surface area (Å²) in [5.74, 6) is -0.656. The Morgan fingerprint density at radius 1 is 0.925 bits per heavy atom. The molecule has 1 heterocycles. The Hall–Kier alpha value is -5.89. The molecular weight excluding hydrogens is 851 g/mol. The summed E-state index contributed by atoms with van der Waals surface area (Å²) in [5, 5.41) is 29.8. The maximum Gasteiger partial charge on any atom is 0.417 e. The van der Waals surface area contributed by atoms with Crippen LogP contribution in [0.3, 0.4) is 0 Å². The van der Waals surface area contributed by atoms with E-state index in [0.717, 1.165) is 47.6 Å². The summed E-state index contributed by atoms with van der Waals surface area (Å²) in [6, 6.07) is 23.6. The van der Waals surface area contributed by atoms with Gasteiger partial charge in [0.1, 0.15) is 34.6 Å². The first-order chi connectivity index (χ1) is 32.4. The second-order valence-corrected chi connectivity index (χ2v) is 18.6. The summed E-state index contributed by atoms with van der Waals surface area (Å²) in [7, 11) is 3.06. The second-order valence-electron chi connectivity index (χ2n) is 18.6. The van der Waals surface area contributed by atoms with Crippen molar-refractivity contribution >= 4 is 34.2 Å². The SMILES string of the molecule is C=CCO[C@@]12Oc3ccc(OC(=O)Nc4ccc(OC)cc4OC)cc3[C@H]3[C@H](CCCCO)[C@@H](CCCCO)C=C(C(=NOC(C)(C)C)C[C@@H]1N(CCC)C(=O)c1ccc4ccccc4c1)[C@H]32. The highest BCUT2D eigenvalue weighted by molar-refractivity contribution is 6.04. The van der Waals surface area contributed by atoms with Crippen molar-refractivity contribution in [2.45, 2.75) is 102 Å². The Balaban J connectivity index is 1.42. The minimum atomic E-state index is -1.45. The number of hydrogen-bond donors (Lipinski definition) is 3. The van der Waals surface area contributed by atoms with E-state index in [1.165, 1.54) is 7.11 Å². The number of nitrogens with one attached hydrogen (secondary N) is 1. The third kappa shape index (κ3) is 10.8. The minimum absolute atomic E-state index is 0.0160. The molecule has 1 aliphatic heterocycles. The molecule has 0 radical (unpaired) electrons. The van der Waals surface area contributed by atoms with Gasteiger partial charge in [0.2, 0.25) is 5.79 Å². The molecule has 4 aromatic rings. The smallest absolute Gasteiger partial charge is 0.417 e. The zero-order valence-corrected chi connectivity index (χ0v) is 39.8. The summed E-state index contributed by atoms with van der Waals surface area (Å²) in [5.41, 5.74) is 2.77. The summed E-state index contributed by atoms with van der Waals surface area (Å²) in [6.07, 6.45) is 8.57. The lowest BCUT2D eigenvalue weighted by atomic mass is 9.55. The third-order valence-electron chi connectivity index (χ3n) is 13.0. The molecule has 13 nitrogen and oxygen atoms in total. The Morgan fingerprint density at radius 2 is 1.67 bits per heavy atom. The van der Waals surface area contributed by atoms with Gasteiger partial charge in [-0.05, 0) is 124 Å². The van der Waals surface area contributed by atoms with E-state index in [1.54, 1.807) is 37.5 Å². The van der Waals surface area contributed by atoms with Crippen molar-refractivity contribution in [3.63, 3.8) is 0 Å². The lowest BCUT2D eigenvalue weighted by Crippen LogP contribution is -2.70. The average Bonchev–Trinajstić information content (AvgIpc) is 3.32. The number of anilines is 1. The maximum atomic E-state index is 15.3. The monoisotopic (exact) mass is 917 g/mol. The molecule has 3 aliphatic rings. The number of carbonyl (C=O) groups is 2. The number of oxime groups is 1. The molecule has 13 heteroatoms. The number of allylic oxidation sites excluding steroid dienone is 1. The molecular formula is C54H67N3O10. The number of amides is 2. The first-order valence-corrected chi connectivity index (χ1v) is 23.7. The standard InChI is InChI=1S/C54H67N3O10/c1-8-26-57(51(60)38-21-20-35-16-10-11-17-36(35)30-38)48-34-45(56-67-53(3,4)5)42-31-37(18-12-14-27-58)41(19-13-15-28-59)49-43-32-40(23-25-46(43)66-54(48,50(42)49)64-29-9-2)65-52(61)55-44-24-22-39(62-6)33-47(44)63-7/h9-11,16-17,20-25,30-33,37,41,48-50,58-59H,2,8,12-15,18-19,26-29,34H2,1,3-7H3,(H,55,61)/t37-,41+,48-,49+,50+,54+/m0/s1. The van der Waals surface area contributed by atoms with E-state index < -0.39 is 29.4 Å². The lowest BCUT2D eigenvalue weighted by Gasteiger charge is -2.60. The lowest BCUT2D eigenvalue weighted by molar-refractivity contribution is -0.254. The first-order valence-electron chi connectivity index (χ1n) is 23.7. The topological polar surface area (TPSA) is 158 Å². The van der Waals surface area contributed by atoms with Crippen molar-refractivity contribution in [3.8, 4) is 23.0 Å². The van der Waals surface area contributed by atoms with Gasteiger partial charge in [-0.15, -0.1) is 6.58 Å². The van der Waals surface area contributed by atoms with Crippen LogP contribution in [0.5, 0.6) is 23.0 Å². The van der Waals surface area contributed by atoms with Crippen LogP contribution in [0.4, 0.5) is 10.5 Å². The molecule has 2 aliphatic carbocycles. The zero-order chi connectivity index (χ0) is 47.7. The fourth-order valence-corrected chi connectivity index (χ4v) is 10.2. The molecule has 0 spiro atoms. The Kier molecular flexibility index (Phi) is 16.0. The van der Waals surface area contributed by atoms with Crippen LogP contribution < -0.4 is 24.3 Å². The van der Waals surface area contributed by atoms with Crippen LogP contribution in [0, 0.1) is 17.8 Å². The quantitative estimate of drug-likeness (QED) is 0.0443. The predicted octanol–water partition coefficient (Wildman–Crippen LogP) is 10.5. The number of methoxy groups -OCH3 is 2. The molecule has 1 fully saturated rings. The van der Waals surface area contributed by atoms with Gasteiger partial charge in [-0.2, -0.15) is 0 Å². The molecule has 0 bridgehead atoms. The van der Waals surface area contributed by atoms with Crippen LogP contribution in [0.1, 0.15) is 101 Å². The van der Waals surface area contributed by atoms with Gasteiger partial charge in [0.15, 0.2) is 0 Å². The molecule has 67 heavy (non-hydrogen) atoms. The molecule has 7 rings (SSSR count). The van der Waals surface area contributed by atoms with Gasteiger partial charge in [-0.1, -0.05) is 67.4 Å². The normalized spacial score (nSPS) is 22.4. The number of unbranched alkanes of at least 4 members (excludes halogenated alkanes) is 2. The summed E-state index contributed by atoms with van der Waals surface area (Å²) < 4.78 is 31.5. The molecule has 3 N–H and O–H groups in total. The van der Waals surface area contributed by atoms with Gasteiger partial charge in [-0.25, -0.2) is 4.79 Å². The van der Waals surface area contributed by atoms with E-state index in [9.17, 15) is 15.0 Å². The van der Waals surface area contributed by atoms with Gasteiger partial charge in [0, 0.05) is 49.3 Å². The van der Waals surface area contributed by atoms with Crippen LogP contribution in [0.25, 0.3) is 10.8 Å². The summed E-state index contributed by atoms with van der Waals surface area (Å²) in [6.45, 7) is 12.7. The summed E-state index contributed by atoms with van der Waals surface area (Å²) in [4.78, 5) is 37.1. The van der Waals surface area contributed by atoms with Crippen molar-refractivity contribution in [1.29, 1.82) is 0 Å². The molecule has 0 aromatic heterocycles. The van der Waals surface area contributed by atoms with E-state index >= 15 is 4.79 Å². The number of nitrogens with zero attached hydrogens (tertiary/aromatic N) is 2. The molecule has 0 unspecified atom stereocenters. The molecule has 1 saturated carbocycles. The largest absolute Gasteiger partial charge is 0.497 e. The Labute approximate surface area is 394 Å². The van der Waals surface area contributed by atoms with E-state index in [0.29, 0.717) is 65.8 Å². The van der Waals surface area contributed by atoms with E-state index in [2.05, 4.69) is 24.9 Å². The number of aliphatic hydroxyl groups excluding tert-OH is 2. The van der Waals surface area contributed by atoms with Crippen LogP contribution in [0.2, 0.25) is 0 Å². The Bertz CT molecular complexity index is 2440. The maximum absolute atomic E-state index is 15.3. The van der Waals surface area contributed by atoms with Gasteiger partial charge in [0.25, 0.3) is 5.91 Å². The van der Waals surface area contributed by atoms with Crippen LogP contribution >= 0.6 is 0 Å². The first kappa shape index (κ1) is 49.0. The molecule has 358 valence electrons. The number of ether oxygens (including phenoxy) is 5. The molecule has 2 amide bonds. The van der Waals surface area contributed by atoms with Gasteiger partial charge >= 0.3 is 6.09 Å². The Morgan fingerprint density at radius 3 is 2.37 bits per heavy atom. The minimum Gasteiger partial charge on any atom is -0.497 e. The van der Waals surface area contributed by atoms with Gasteiger partial charge in [-0.3, -0.25) is 10.1 Å². The van der Waals surface area contributed by atoms with Crippen LogP contribution in [-0.4, -0.2) is 90.8 Å². The van der Waals surface area contributed by atoms with Gasteiger partial charge < -0.3 is 43.6 Å². The van der Waals surface area contributed by atoms with Crippen molar-refractivity contribution < 1.29 is 48.3 Å². The molecule has 0 saturated heterocycles. The van der Waals surface area contributed by atoms with E-state index in [4.69, 9.17) is 33.7 Å². The van der Waals surface area contributed by atoms with Crippen molar-refractivity contribution in [2.75, 3.05) is 45.9 Å². The fourth-order valence-electron chi connectivity index (χ4n) is 10.2. The number of rotatable bonds is 20. The number of aliphatic hydroxyl groups is 2. The fraction of sp³-hybridized carbons (Fsp3) is 0.463. The van der Waals surface area contributed by atoms with Crippen LogP contribution in [0.15, 0.2) is 108 Å². The zero-order valence-electron chi connectivity index (χ0n) is 39.8. The molecule has 6 atom stereocenters. The van der Waals surface area contributed by atoms with Crippen molar-refractivity contribution in [2.24, 2.45) is 22.9 Å². The predicted molar refractivity (Wildman–Crippen MR) is 260 cm³/mol. The third-order valence-corrected chi connectivity index (χ3v) is 13.0. The number of hydrogen-bond acceptors (Lipinski definition) is 11. The van der Waals surface area contributed by atoms with Crippen molar-refractivity contribution in [3.05, 3.63) is 114 Å². The summed E-state index contributed by atoms with van der Waals surface area (Å²) >= 11 is 0. The average molecular weight is 918 g/mol. The number of benzene rings is 4.